The zero-order valence-corrected chi connectivity index (χ0v) is 10.2. The molecule has 80 valence electrons. The second-order valence-electron chi connectivity index (χ2n) is 2.24. The Morgan fingerprint density at radius 1 is 1.36 bits per heavy atom. The normalized spacial score (nSPS) is 15.8. The van der Waals surface area contributed by atoms with Gasteiger partial charge in [0.15, 0.2) is 0 Å². The van der Waals surface area contributed by atoms with E-state index in [1.807, 2.05) is 53.0 Å². The molecule has 0 aromatic carbocycles. The first-order chi connectivity index (χ1) is 6.84. The van der Waals surface area contributed by atoms with Gasteiger partial charge in [-0.3, -0.25) is 4.99 Å². The van der Waals surface area contributed by atoms with Gasteiger partial charge in [-0.2, -0.15) is 0 Å². The Bertz CT molecular complexity index is 219. The predicted molar refractivity (Wildman–Crippen MR) is 67.8 cm³/mol. The van der Waals surface area contributed by atoms with Gasteiger partial charge in [0.05, 0.1) is 0 Å². The Labute approximate surface area is 89.0 Å². The summed E-state index contributed by atoms with van der Waals surface area (Å²) in [5.74, 6) is 0. The van der Waals surface area contributed by atoms with Crippen LogP contribution in [-0.4, -0.2) is 6.21 Å². The summed E-state index contributed by atoms with van der Waals surface area (Å²) in [5.41, 5.74) is 2.29. The van der Waals surface area contributed by atoms with Crippen LogP contribution in [-0.2, 0) is 0 Å². The van der Waals surface area contributed by atoms with Gasteiger partial charge in [0, 0.05) is 18.3 Å². The van der Waals surface area contributed by atoms with Crippen LogP contribution >= 0.6 is 0 Å². The van der Waals surface area contributed by atoms with Crippen LogP contribution in [0.25, 0.3) is 0 Å². The Morgan fingerprint density at radius 3 is 2.29 bits per heavy atom. The van der Waals surface area contributed by atoms with Crippen molar-refractivity contribution in [3.8, 4) is 0 Å². The molecule has 0 saturated carbocycles. The molecule has 1 heteroatoms. The van der Waals surface area contributed by atoms with Crippen molar-refractivity contribution in [3.05, 3.63) is 36.1 Å². The maximum Gasteiger partial charge on any atom is 0.0470 e. The van der Waals surface area contributed by atoms with Crippen LogP contribution in [0.15, 0.2) is 41.1 Å². The molecule has 0 N–H and O–H groups in total. The van der Waals surface area contributed by atoms with Gasteiger partial charge < -0.3 is 0 Å². The molecule has 0 aliphatic carbocycles. The van der Waals surface area contributed by atoms with Gasteiger partial charge in [-0.25, -0.2) is 0 Å². The Balaban J connectivity index is 0. The van der Waals surface area contributed by atoms with Crippen LogP contribution in [0.2, 0.25) is 0 Å². The lowest BCUT2D eigenvalue weighted by molar-refractivity contribution is 1.12. The third kappa shape index (κ3) is 6.41. The number of rotatable bonds is 1. The molecule has 14 heavy (non-hydrogen) atoms. The van der Waals surface area contributed by atoms with Crippen molar-refractivity contribution < 1.29 is 0 Å². The van der Waals surface area contributed by atoms with Crippen molar-refractivity contribution in [2.45, 2.75) is 41.0 Å². The van der Waals surface area contributed by atoms with E-state index in [0.29, 0.717) is 0 Å². The van der Waals surface area contributed by atoms with E-state index in [4.69, 9.17) is 0 Å². The first-order valence-electron chi connectivity index (χ1n) is 5.36. The van der Waals surface area contributed by atoms with E-state index >= 15 is 0 Å². The molecule has 0 radical (unpaired) electrons. The summed E-state index contributed by atoms with van der Waals surface area (Å²) in [6.45, 7) is 13.7. The Hall–Kier alpha value is -1.11. The zero-order chi connectivity index (χ0) is 11.4. The molecule has 0 aromatic rings. The van der Waals surface area contributed by atoms with E-state index in [9.17, 15) is 0 Å². The summed E-state index contributed by atoms with van der Waals surface area (Å²) in [4.78, 5) is 4.20. The summed E-state index contributed by atoms with van der Waals surface area (Å²) >= 11 is 0. The number of allylic oxidation sites excluding steroid dienone is 4. The van der Waals surface area contributed by atoms with Gasteiger partial charge in [-0.15, -0.1) is 0 Å². The molecule has 1 aliphatic rings. The lowest BCUT2D eigenvalue weighted by Gasteiger charge is -2.02. The number of aliphatic imine (C=N–C) groups is 1. The van der Waals surface area contributed by atoms with Crippen LogP contribution in [0, 0.1) is 0 Å². The van der Waals surface area contributed by atoms with Crippen LogP contribution < -0.4 is 0 Å². The Kier molecular flexibility index (Phi) is 13.1. The topological polar surface area (TPSA) is 12.4 Å². The third-order valence-electron chi connectivity index (χ3n) is 1.53. The zero-order valence-electron chi connectivity index (χ0n) is 10.2. The average molecular weight is 193 g/mol. The molecule has 0 spiro atoms. The van der Waals surface area contributed by atoms with Crippen molar-refractivity contribution in [1.29, 1.82) is 0 Å². The number of nitrogens with zero attached hydrogens (tertiary/aromatic N) is 1. The molecule has 0 saturated heterocycles. The quantitative estimate of drug-likeness (QED) is 0.580. The van der Waals surface area contributed by atoms with Gasteiger partial charge in [0.2, 0.25) is 0 Å². The molecule has 1 aliphatic heterocycles. The second-order valence-corrected chi connectivity index (χ2v) is 2.24. The summed E-state index contributed by atoms with van der Waals surface area (Å²) in [7, 11) is 0. The third-order valence-corrected chi connectivity index (χ3v) is 1.53. The molecule has 0 fully saturated rings. The van der Waals surface area contributed by atoms with Crippen molar-refractivity contribution in [2.75, 3.05) is 0 Å². The first-order valence-corrected chi connectivity index (χ1v) is 5.36. The van der Waals surface area contributed by atoms with Crippen molar-refractivity contribution in [2.24, 2.45) is 4.99 Å². The molecule has 0 atom stereocenters. The minimum absolute atomic E-state index is 0.939. The molecule has 1 nitrogen and oxygen atoms in total. The lowest BCUT2D eigenvalue weighted by Crippen LogP contribution is -1.86. The van der Waals surface area contributed by atoms with Gasteiger partial charge in [0.25, 0.3) is 0 Å². The largest absolute Gasteiger partial charge is 0.261 e. The van der Waals surface area contributed by atoms with E-state index in [-0.39, 0.29) is 0 Å². The molecule has 0 bridgehead atoms. The van der Waals surface area contributed by atoms with E-state index < -0.39 is 0 Å². The van der Waals surface area contributed by atoms with Gasteiger partial charge >= 0.3 is 0 Å². The SMILES string of the molecule is C=C/C(C)=C1\CC=CC=N1.CC.CC. The Morgan fingerprint density at radius 2 is 1.93 bits per heavy atom. The molecule has 0 aromatic heterocycles. The van der Waals surface area contributed by atoms with Crippen LogP contribution in [0.5, 0.6) is 0 Å². The fourth-order valence-corrected chi connectivity index (χ4v) is 0.807. The molecule has 0 amide bonds. The smallest absolute Gasteiger partial charge is 0.0470 e. The lowest BCUT2D eigenvalue weighted by atomic mass is 10.1. The molecule has 0 unspecified atom stereocenters. The van der Waals surface area contributed by atoms with E-state index in [2.05, 4.69) is 17.6 Å². The van der Waals surface area contributed by atoms with E-state index in [1.54, 1.807) is 0 Å². The summed E-state index contributed by atoms with van der Waals surface area (Å²) < 4.78 is 0. The maximum absolute atomic E-state index is 4.20. The molecular weight excluding hydrogens is 170 g/mol. The van der Waals surface area contributed by atoms with E-state index in [1.165, 1.54) is 5.57 Å². The van der Waals surface area contributed by atoms with Crippen LogP contribution in [0.3, 0.4) is 0 Å². The number of hydrogen-bond donors (Lipinski definition) is 0. The fourth-order valence-electron chi connectivity index (χ4n) is 0.807. The van der Waals surface area contributed by atoms with Crippen molar-refractivity contribution in [3.63, 3.8) is 0 Å². The minimum atomic E-state index is 0.939. The van der Waals surface area contributed by atoms with Crippen LogP contribution in [0.4, 0.5) is 0 Å². The molecule has 1 rings (SSSR count). The highest BCUT2D eigenvalue weighted by atomic mass is 14.7. The summed E-state index contributed by atoms with van der Waals surface area (Å²) in [6.07, 6.45) is 8.64. The maximum atomic E-state index is 4.20. The van der Waals surface area contributed by atoms with Crippen molar-refractivity contribution in [1.82, 2.24) is 0 Å². The summed E-state index contributed by atoms with van der Waals surface area (Å²) in [5, 5.41) is 0. The summed E-state index contributed by atoms with van der Waals surface area (Å²) in [6, 6.07) is 0. The highest BCUT2D eigenvalue weighted by Gasteiger charge is 1.96. The number of dihydropyridines is 1. The van der Waals surface area contributed by atoms with Crippen LogP contribution in [0.1, 0.15) is 41.0 Å². The monoisotopic (exact) mass is 193 g/mol. The first kappa shape index (κ1) is 15.4. The van der Waals surface area contributed by atoms with Gasteiger partial charge in [0.1, 0.15) is 0 Å². The van der Waals surface area contributed by atoms with Gasteiger partial charge in [-0.05, 0) is 18.6 Å². The minimum Gasteiger partial charge on any atom is -0.261 e. The molecule has 1 heterocycles. The van der Waals surface area contributed by atoms with E-state index in [0.717, 1.165) is 12.1 Å². The highest BCUT2D eigenvalue weighted by Crippen LogP contribution is 2.13. The standard InChI is InChI=1S/C9H11N.2C2H6/c1-3-8(2)9-6-4-5-7-10-9;2*1-2/h3-5,7H,1,6H2,2H3;2*1-2H3/b9-8+;;. The fraction of sp³-hybridized carbons (Fsp3) is 0.462. The number of hydrogen-bond acceptors (Lipinski definition) is 1. The molecular formula is C13H23N. The average Bonchev–Trinajstić information content (AvgIpc) is 2.34. The van der Waals surface area contributed by atoms with Gasteiger partial charge in [-0.1, -0.05) is 46.4 Å². The predicted octanol–water partition coefficient (Wildman–Crippen LogP) is 4.53. The highest BCUT2D eigenvalue weighted by molar-refractivity contribution is 5.73. The second kappa shape index (κ2) is 11.9. The van der Waals surface area contributed by atoms with Crippen molar-refractivity contribution >= 4 is 6.21 Å².